The predicted molar refractivity (Wildman–Crippen MR) is 74.9 cm³/mol. The van der Waals surface area contributed by atoms with Gasteiger partial charge in [-0.2, -0.15) is 11.3 Å². The topological polar surface area (TPSA) is 38.9 Å². The van der Waals surface area contributed by atoms with Gasteiger partial charge in [0.2, 0.25) is 0 Å². The van der Waals surface area contributed by atoms with Gasteiger partial charge in [-0.05, 0) is 35.9 Å². The molecule has 0 bridgehead atoms. The van der Waals surface area contributed by atoms with E-state index in [2.05, 4.69) is 34.8 Å². The molecule has 0 radical (unpaired) electrons. The normalized spacial score (nSPS) is 22.0. The van der Waals surface area contributed by atoms with Crippen LogP contribution in [0.5, 0.6) is 0 Å². The quantitative estimate of drug-likeness (QED) is 0.905. The minimum atomic E-state index is 0. The number of aromatic nitrogens is 1. The molecule has 0 aliphatic heterocycles. The average molecular weight is 267 g/mol. The van der Waals surface area contributed by atoms with E-state index in [1.807, 2.05) is 6.20 Å². The molecular formula is C13H15ClN2S. The van der Waals surface area contributed by atoms with Gasteiger partial charge in [0, 0.05) is 29.1 Å². The second-order valence-electron chi connectivity index (χ2n) is 4.45. The summed E-state index contributed by atoms with van der Waals surface area (Å²) in [4.78, 5) is 4.53. The van der Waals surface area contributed by atoms with Crippen molar-refractivity contribution >= 4 is 23.7 Å². The Kier molecular flexibility index (Phi) is 3.52. The Morgan fingerprint density at radius 2 is 2.12 bits per heavy atom. The summed E-state index contributed by atoms with van der Waals surface area (Å²) < 4.78 is 0. The molecule has 2 nitrogen and oxygen atoms in total. The second kappa shape index (κ2) is 4.77. The van der Waals surface area contributed by atoms with E-state index in [1.54, 1.807) is 11.3 Å². The van der Waals surface area contributed by atoms with Crippen LogP contribution in [0.1, 0.15) is 23.5 Å². The Hall–Kier alpha value is -0.900. The molecule has 2 heterocycles. The monoisotopic (exact) mass is 266 g/mol. The summed E-state index contributed by atoms with van der Waals surface area (Å²) >= 11 is 1.72. The van der Waals surface area contributed by atoms with Crippen LogP contribution >= 0.6 is 23.7 Å². The van der Waals surface area contributed by atoms with Crippen LogP contribution in [0.25, 0.3) is 11.3 Å². The summed E-state index contributed by atoms with van der Waals surface area (Å²) in [6.07, 6.45) is 3.09. The zero-order valence-electron chi connectivity index (χ0n) is 9.59. The Balaban J connectivity index is 0.00000108. The summed E-state index contributed by atoms with van der Waals surface area (Å²) in [6, 6.07) is 4.63. The highest BCUT2D eigenvalue weighted by molar-refractivity contribution is 7.08. The Bertz CT molecular complexity index is 506. The zero-order chi connectivity index (χ0) is 11.1. The molecular weight excluding hydrogens is 252 g/mol. The lowest BCUT2D eigenvalue weighted by molar-refractivity contribution is 0.981. The first-order valence-electron chi connectivity index (χ1n) is 5.50. The molecule has 0 aromatic carbocycles. The average Bonchev–Trinajstić information content (AvgIpc) is 2.86. The number of halogens is 1. The smallest absolute Gasteiger partial charge is 0.0713 e. The molecule has 2 atom stereocenters. The van der Waals surface area contributed by atoms with Crippen molar-refractivity contribution in [2.75, 3.05) is 0 Å². The van der Waals surface area contributed by atoms with Crippen LogP contribution in [0, 0.1) is 6.92 Å². The lowest BCUT2D eigenvalue weighted by atomic mass is 10.1. The van der Waals surface area contributed by atoms with Gasteiger partial charge in [0.15, 0.2) is 0 Å². The molecule has 1 aliphatic carbocycles. The molecule has 1 aliphatic rings. The highest BCUT2D eigenvalue weighted by atomic mass is 35.5. The van der Waals surface area contributed by atoms with Gasteiger partial charge in [-0.1, -0.05) is 6.07 Å². The van der Waals surface area contributed by atoms with Crippen LogP contribution in [0.3, 0.4) is 0 Å². The lowest BCUT2D eigenvalue weighted by Gasteiger charge is -2.02. The third kappa shape index (κ3) is 2.37. The molecule has 3 rings (SSSR count). The van der Waals surface area contributed by atoms with Crippen LogP contribution in [0.2, 0.25) is 0 Å². The van der Waals surface area contributed by atoms with Crippen LogP contribution in [0.15, 0.2) is 29.1 Å². The summed E-state index contributed by atoms with van der Waals surface area (Å²) in [5.41, 5.74) is 10.7. The maximum Gasteiger partial charge on any atom is 0.0713 e. The molecule has 2 unspecified atom stereocenters. The van der Waals surface area contributed by atoms with Gasteiger partial charge in [0.25, 0.3) is 0 Å². The molecule has 1 saturated carbocycles. The van der Waals surface area contributed by atoms with Gasteiger partial charge in [0.1, 0.15) is 0 Å². The molecule has 0 amide bonds. The third-order valence-corrected chi connectivity index (χ3v) is 4.05. The first-order chi connectivity index (χ1) is 7.75. The predicted octanol–water partition coefficient (Wildman–Crippen LogP) is 3.35. The fraction of sp³-hybridized carbons (Fsp3) is 0.308. The van der Waals surface area contributed by atoms with Crippen molar-refractivity contribution < 1.29 is 0 Å². The van der Waals surface area contributed by atoms with Crippen LogP contribution in [-0.4, -0.2) is 11.0 Å². The number of hydrogen-bond acceptors (Lipinski definition) is 3. The maximum atomic E-state index is 5.83. The van der Waals surface area contributed by atoms with E-state index in [0.717, 1.165) is 12.1 Å². The van der Waals surface area contributed by atoms with E-state index in [1.165, 1.54) is 16.7 Å². The largest absolute Gasteiger partial charge is 0.327 e. The number of aryl methyl sites for hydroxylation is 1. The van der Waals surface area contributed by atoms with Crippen molar-refractivity contribution in [3.05, 3.63) is 40.2 Å². The zero-order valence-corrected chi connectivity index (χ0v) is 11.2. The van der Waals surface area contributed by atoms with Crippen molar-refractivity contribution in [3.8, 4) is 11.3 Å². The molecule has 0 saturated heterocycles. The van der Waals surface area contributed by atoms with E-state index in [0.29, 0.717) is 12.0 Å². The van der Waals surface area contributed by atoms with Gasteiger partial charge >= 0.3 is 0 Å². The van der Waals surface area contributed by atoms with Crippen LogP contribution < -0.4 is 5.73 Å². The van der Waals surface area contributed by atoms with Crippen molar-refractivity contribution in [3.63, 3.8) is 0 Å². The molecule has 0 spiro atoms. The fourth-order valence-electron chi connectivity index (χ4n) is 2.00. The van der Waals surface area contributed by atoms with Gasteiger partial charge in [-0.15, -0.1) is 12.4 Å². The summed E-state index contributed by atoms with van der Waals surface area (Å²) in [5.74, 6) is 0.546. The van der Waals surface area contributed by atoms with Gasteiger partial charge < -0.3 is 5.73 Å². The van der Waals surface area contributed by atoms with E-state index in [-0.39, 0.29) is 12.4 Å². The van der Waals surface area contributed by atoms with Crippen molar-refractivity contribution in [1.82, 2.24) is 4.98 Å². The minimum Gasteiger partial charge on any atom is -0.327 e. The maximum absolute atomic E-state index is 5.83. The van der Waals surface area contributed by atoms with E-state index >= 15 is 0 Å². The van der Waals surface area contributed by atoms with Crippen molar-refractivity contribution in [1.29, 1.82) is 0 Å². The molecule has 90 valence electrons. The fourth-order valence-corrected chi connectivity index (χ4v) is 2.85. The highest BCUT2D eigenvalue weighted by Gasteiger charge is 2.34. The standard InChI is InChI=1S/C13H14N2S.ClH/c1-8-6-16-7-11(8)13-3-2-9(5-15-13)10-4-12(10)14;/h2-3,5-7,10,12H,4,14H2,1H3;1H. The van der Waals surface area contributed by atoms with Crippen molar-refractivity contribution in [2.45, 2.75) is 25.3 Å². The number of pyridine rings is 1. The Morgan fingerprint density at radius 1 is 1.35 bits per heavy atom. The first-order valence-corrected chi connectivity index (χ1v) is 6.44. The highest BCUT2D eigenvalue weighted by Crippen LogP contribution is 2.39. The lowest BCUT2D eigenvalue weighted by Crippen LogP contribution is -2.01. The van der Waals surface area contributed by atoms with E-state index in [4.69, 9.17) is 5.73 Å². The van der Waals surface area contributed by atoms with Crippen LogP contribution in [0.4, 0.5) is 0 Å². The third-order valence-electron chi connectivity index (χ3n) is 3.19. The second-order valence-corrected chi connectivity index (χ2v) is 5.19. The van der Waals surface area contributed by atoms with Gasteiger partial charge in [0.05, 0.1) is 5.69 Å². The molecule has 2 aromatic heterocycles. The first kappa shape index (κ1) is 12.6. The summed E-state index contributed by atoms with van der Waals surface area (Å²) in [7, 11) is 0. The number of thiophene rings is 1. The number of nitrogens with two attached hydrogens (primary N) is 1. The molecule has 2 aromatic rings. The van der Waals surface area contributed by atoms with Gasteiger partial charge in [-0.25, -0.2) is 0 Å². The van der Waals surface area contributed by atoms with E-state index < -0.39 is 0 Å². The number of hydrogen-bond donors (Lipinski definition) is 1. The molecule has 17 heavy (non-hydrogen) atoms. The molecule has 1 fully saturated rings. The summed E-state index contributed by atoms with van der Waals surface area (Å²) in [5, 5.41) is 4.31. The molecule has 4 heteroatoms. The van der Waals surface area contributed by atoms with Crippen molar-refractivity contribution in [2.24, 2.45) is 5.73 Å². The minimum absolute atomic E-state index is 0. The molecule has 2 N–H and O–H groups in total. The SMILES string of the molecule is Cc1cscc1-c1ccc(C2CC2N)cn1.Cl. The van der Waals surface area contributed by atoms with Gasteiger partial charge in [-0.3, -0.25) is 4.98 Å². The Morgan fingerprint density at radius 3 is 2.59 bits per heavy atom. The van der Waals surface area contributed by atoms with Crippen LogP contribution in [-0.2, 0) is 0 Å². The Labute approximate surface area is 111 Å². The number of rotatable bonds is 2. The summed E-state index contributed by atoms with van der Waals surface area (Å²) in [6.45, 7) is 2.12. The van der Waals surface area contributed by atoms with E-state index in [9.17, 15) is 0 Å². The number of nitrogens with zero attached hydrogens (tertiary/aromatic N) is 1.